The number of ether oxygens (including phenoxy) is 2. The predicted molar refractivity (Wildman–Crippen MR) is 101 cm³/mol. The van der Waals surface area contributed by atoms with Gasteiger partial charge in [-0.15, -0.1) is 0 Å². The second-order valence-corrected chi connectivity index (χ2v) is 6.48. The molecule has 1 heterocycles. The first kappa shape index (κ1) is 18.7. The summed E-state index contributed by atoms with van der Waals surface area (Å²) >= 11 is 0. The molecule has 2 aromatic carbocycles. The van der Waals surface area contributed by atoms with E-state index in [9.17, 15) is 4.79 Å². The fraction of sp³-hybridized carbons (Fsp3) is 0.333. The molecule has 6 heteroatoms. The van der Waals surface area contributed by atoms with Crippen LogP contribution in [0.5, 0.6) is 11.5 Å². The van der Waals surface area contributed by atoms with Gasteiger partial charge in [0, 0.05) is 13.1 Å². The van der Waals surface area contributed by atoms with Crippen LogP contribution >= 0.6 is 0 Å². The van der Waals surface area contributed by atoms with Crippen molar-refractivity contribution in [2.24, 2.45) is 0 Å². The van der Waals surface area contributed by atoms with E-state index in [0.717, 1.165) is 35.6 Å². The molecule has 0 unspecified atom stereocenters. The van der Waals surface area contributed by atoms with E-state index in [-0.39, 0.29) is 12.7 Å². The Balaban J connectivity index is 1.52. The van der Waals surface area contributed by atoms with Gasteiger partial charge in [0.1, 0.15) is 0 Å². The molecule has 1 aliphatic heterocycles. The van der Waals surface area contributed by atoms with Crippen LogP contribution in [0.1, 0.15) is 30.0 Å². The van der Waals surface area contributed by atoms with Crippen molar-refractivity contribution in [3.8, 4) is 17.6 Å². The molecule has 140 valence electrons. The number of amides is 1. The Labute approximate surface area is 159 Å². The van der Waals surface area contributed by atoms with Crippen molar-refractivity contribution < 1.29 is 14.3 Å². The number of fused-ring (bicyclic) bond motifs is 1. The molecule has 0 spiro atoms. The van der Waals surface area contributed by atoms with Crippen LogP contribution < -0.4 is 14.8 Å². The summed E-state index contributed by atoms with van der Waals surface area (Å²) < 4.78 is 10.7. The third-order valence-electron chi connectivity index (χ3n) is 4.32. The molecule has 0 saturated carbocycles. The molecule has 1 aliphatic rings. The zero-order valence-corrected chi connectivity index (χ0v) is 15.4. The van der Waals surface area contributed by atoms with Gasteiger partial charge in [0.25, 0.3) is 0 Å². The van der Waals surface area contributed by atoms with E-state index < -0.39 is 0 Å². The lowest BCUT2D eigenvalue weighted by Gasteiger charge is -2.21. The number of hydrogen-bond donors (Lipinski definition) is 1. The summed E-state index contributed by atoms with van der Waals surface area (Å²) in [5.74, 6) is 1.44. The van der Waals surface area contributed by atoms with Gasteiger partial charge in [-0.3, -0.25) is 9.69 Å². The first-order valence-corrected chi connectivity index (χ1v) is 9.04. The van der Waals surface area contributed by atoms with Crippen molar-refractivity contribution in [2.75, 3.05) is 19.9 Å². The van der Waals surface area contributed by atoms with Gasteiger partial charge >= 0.3 is 0 Å². The summed E-state index contributed by atoms with van der Waals surface area (Å²) in [6.45, 7) is 4.63. The van der Waals surface area contributed by atoms with Crippen molar-refractivity contribution in [3.63, 3.8) is 0 Å². The molecule has 0 atom stereocenters. The van der Waals surface area contributed by atoms with Crippen LogP contribution in [-0.4, -0.2) is 30.7 Å². The first-order chi connectivity index (χ1) is 13.2. The Morgan fingerprint density at radius 2 is 1.89 bits per heavy atom. The third-order valence-corrected chi connectivity index (χ3v) is 4.32. The molecule has 0 saturated heterocycles. The molecule has 0 fully saturated rings. The van der Waals surface area contributed by atoms with Gasteiger partial charge in [0.2, 0.25) is 12.7 Å². The summed E-state index contributed by atoms with van der Waals surface area (Å²) in [5.41, 5.74) is 2.70. The topological polar surface area (TPSA) is 74.6 Å². The number of nitriles is 1. The Kier molecular flexibility index (Phi) is 6.29. The third kappa shape index (κ3) is 5.22. The highest BCUT2D eigenvalue weighted by Gasteiger charge is 2.14. The Bertz CT molecular complexity index is 828. The predicted octanol–water partition coefficient (Wildman–Crippen LogP) is 2.82. The van der Waals surface area contributed by atoms with E-state index in [4.69, 9.17) is 14.7 Å². The highest BCUT2D eigenvalue weighted by atomic mass is 16.7. The maximum atomic E-state index is 12.4. The number of benzene rings is 2. The first-order valence-electron chi connectivity index (χ1n) is 9.04. The van der Waals surface area contributed by atoms with Crippen molar-refractivity contribution in [3.05, 3.63) is 59.2 Å². The van der Waals surface area contributed by atoms with Gasteiger partial charge in [-0.25, -0.2) is 0 Å². The summed E-state index contributed by atoms with van der Waals surface area (Å²) in [4.78, 5) is 14.5. The molecule has 0 bridgehead atoms. The van der Waals surface area contributed by atoms with E-state index in [2.05, 4.69) is 23.2 Å². The highest BCUT2D eigenvalue weighted by Crippen LogP contribution is 2.32. The quantitative estimate of drug-likeness (QED) is 0.779. The largest absolute Gasteiger partial charge is 0.454 e. The van der Waals surface area contributed by atoms with Crippen LogP contribution in [0.2, 0.25) is 0 Å². The van der Waals surface area contributed by atoms with Crippen LogP contribution in [0.25, 0.3) is 0 Å². The van der Waals surface area contributed by atoms with E-state index in [0.29, 0.717) is 25.2 Å². The molecule has 0 aliphatic carbocycles. The monoisotopic (exact) mass is 365 g/mol. The second-order valence-electron chi connectivity index (χ2n) is 6.48. The summed E-state index contributed by atoms with van der Waals surface area (Å²) in [6.07, 6.45) is 0.964. The second kappa shape index (κ2) is 9.06. The molecule has 6 nitrogen and oxygen atoms in total. The van der Waals surface area contributed by atoms with Crippen molar-refractivity contribution >= 4 is 5.91 Å². The normalized spacial score (nSPS) is 12.0. The lowest BCUT2D eigenvalue weighted by Crippen LogP contribution is -2.37. The molecule has 27 heavy (non-hydrogen) atoms. The van der Waals surface area contributed by atoms with Crippen LogP contribution in [0.3, 0.4) is 0 Å². The molecule has 1 N–H and O–H groups in total. The van der Waals surface area contributed by atoms with Gasteiger partial charge < -0.3 is 14.8 Å². The van der Waals surface area contributed by atoms with Gasteiger partial charge in [0.05, 0.1) is 18.2 Å². The number of carbonyl (C=O) groups is 1. The maximum absolute atomic E-state index is 12.4. The number of rotatable bonds is 8. The Hall–Kier alpha value is -3.04. The van der Waals surface area contributed by atoms with Gasteiger partial charge in [0.15, 0.2) is 11.5 Å². The molecule has 3 rings (SSSR count). The minimum Gasteiger partial charge on any atom is -0.454 e. The van der Waals surface area contributed by atoms with E-state index in [1.54, 1.807) is 12.1 Å². The SMILES string of the molecule is CCCN(CC(=O)NCc1ccc2c(c1)OCO2)Cc1ccc(C#N)cc1. The minimum atomic E-state index is -0.0187. The van der Waals surface area contributed by atoms with Crippen LogP contribution in [0.15, 0.2) is 42.5 Å². The van der Waals surface area contributed by atoms with Gasteiger partial charge in [-0.05, 0) is 48.4 Å². The van der Waals surface area contributed by atoms with Crippen LogP contribution in [0, 0.1) is 11.3 Å². The maximum Gasteiger partial charge on any atom is 0.234 e. The summed E-state index contributed by atoms with van der Waals surface area (Å²) in [7, 11) is 0. The average Bonchev–Trinajstić information content (AvgIpc) is 3.15. The molecular weight excluding hydrogens is 342 g/mol. The molecular formula is C21H23N3O3. The zero-order chi connectivity index (χ0) is 19.1. The van der Waals surface area contributed by atoms with E-state index in [1.807, 2.05) is 30.3 Å². The lowest BCUT2D eigenvalue weighted by atomic mass is 10.1. The minimum absolute atomic E-state index is 0.0187. The van der Waals surface area contributed by atoms with E-state index >= 15 is 0 Å². The van der Waals surface area contributed by atoms with Crippen LogP contribution in [0.4, 0.5) is 0 Å². The fourth-order valence-electron chi connectivity index (χ4n) is 2.98. The van der Waals surface area contributed by atoms with Crippen molar-refractivity contribution in [1.82, 2.24) is 10.2 Å². The van der Waals surface area contributed by atoms with Crippen molar-refractivity contribution in [2.45, 2.75) is 26.4 Å². The molecule has 1 amide bonds. The van der Waals surface area contributed by atoms with Crippen LogP contribution in [-0.2, 0) is 17.9 Å². The van der Waals surface area contributed by atoms with Crippen molar-refractivity contribution in [1.29, 1.82) is 5.26 Å². The standard InChI is InChI=1S/C21H23N3O3/c1-2-9-24(13-17-5-3-16(11-22)4-6-17)14-21(25)23-12-18-7-8-19-20(10-18)27-15-26-19/h3-8,10H,2,9,12-15H2,1H3,(H,23,25). The Morgan fingerprint density at radius 1 is 1.15 bits per heavy atom. The highest BCUT2D eigenvalue weighted by molar-refractivity contribution is 5.78. The number of nitrogens with one attached hydrogen (secondary N) is 1. The molecule has 0 radical (unpaired) electrons. The summed E-state index contributed by atoms with van der Waals surface area (Å²) in [5, 5.41) is 11.9. The smallest absolute Gasteiger partial charge is 0.234 e. The zero-order valence-electron chi connectivity index (χ0n) is 15.4. The van der Waals surface area contributed by atoms with Gasteiger partial charge in [-0.1, -0.05) is 25.1 Å². The van der Waals surface area contributed by atoms with E-state index in [1.165, 1.54) is 0 Å². The lowest BCUT2D eigenvalue weighted by molar-refractivity contribution is -0.122. The molecule has 0 aromatic heterocycles. The average molecular weight is 365 g/mol. The number of hydrogen-bond acceptors (Lipinski definition) is 5. The summed E-state index contributed by atoms with van der Waals surface area (Å²) in [6, 6.07) is 15.3. The molecule has 2 aromatic rings. The number of carbonyl (C=O) groups excluding carboxylic acids is 1. The van der Waals surface area contributed by atoms with Gasteiger partial charge in [-0.2, -0.15) is 5.26 Å². The fourth-order valence-corrected chi connectivity index (χ4v) is 2.98. The number of nitrogens with zero attached hydrogens (tertiary/aromatic N) is 2. The Morgan fingerprint density at radius 3 is 2.63 bits per heavy atom.